The Kier molecular flexibility index (Phi) is 8.03. The number of ether oxygens (including phenoxy) is 3. The van der Waals surface area contributed by atoms with Gasteiger partial charge in [0, 0.05) is 6.42 Å². The maximum Gasteiger partial charge on any atom is 0.417 e. The number of hydrogen-bond donors (Lipinski definition) is 0. The molecule has 0 N–H and O–H groups in total. The predicted octanol–water partition coefficient (Wildman–Crippen LogP) is -0.0433. The quantitative estimate of drug-likeness (QED) is 0.322. The molecular formula is C9H13O6. The van der Waals surface area contributed by atoms with Gasteiger partial charge in [-0.05, 0) is 6.42 Å². The van der Waals surface area contributed by atoms with Crippen LogP contribution in [0.25, 0.3) is 0 Å². The molecular weight excluding hydrogens is 204 g/mol. The normalized spacial score (nSPS) is 9.13. The van der Waals surface area contributed by atoms with E-state index in [1.165, 1.54) is 13.6 Å². The maximum absolute atomic E-state index is 10.9. The van der Waals surface area contributed by atoms with E-state index in [2.05, 4.69) is 9.47 Å². The predicted molar refractivity (Wildman–Crippen MR) is 48.5 cm³/mol. The number of carbonyl (C=O) groups is 2. The molecule has 0 aromatic rings. The van der Waals surface area contributed by atoms with Crippen LogP contribution in [-0.2, 0) is 28.6 Å². The van der Waals surface area contributed by atoms with Crippen molar-refractivity contribution in [1.29, 1.82) is 0 Å². The van der Waals surface area contributed by atoms with Gasteiger partial charge in [0.05, 0.1) is 20.1 Å². The monoisotopic (exact) mass is 217 g/mol. The topological polar surface area (TPSA) is 78.9 Å². The molecule has 0 heterocycles. The second-order valence-corrected chi connectivity index (χ2v) is 2.58. The summed E-state index contributed by atoms with van der Waals surface area (Å²) in [5.74, 6) is -0.866. The van der Waals surface area contributed by atoms with E-state index in [1.807, 2.05) is 0 Å². The number of rotatable bonds is 8. The third-order valence-electron chi connectivity index (χ3n) is 1.48. The van der Waals surface area contributed by atoms with Gasteiger partial charge in [-0.25, -0.2) is 4.79 Å². The molecule has 0 bridgehead atoms. The van der Waals surface area contributed by atoms with Crippen molar-refractivity contribution in [3.8, 4) is 0 Å². The number of esters is 2. The Bertz CT molecular complexity index is 213. The average Bonchev–Trinajstić information content (AvgIpc) is 2.24. The molecule has 1 radical (unpaired) electrons. The van der Waals surface area contributed by atoms with Crippen molar-refractivity contribution in [3.63, 3.8) is 0 Å². The summed E-state index contributed by atoms with van der Waals surface area (Å²) in [7, 11) is 1.26. The second-order valence-electron chi connectivity index (χ2n) is 2.58. The molecule has 6 nitrogen and oxygen atoms in total. The molecule has 6 heteroatoms. The van der Waals surface area contributed by atoms with Crippen LogP contribution in [0.1, 0.15) is 19.3 Å². The minimum absolute atomic E-state index is 0.00612. The summed E-state index contributed by atoms with van der Waals surface area (Å²) in [4.78, 5) is 31.2. The van der Waals surface area contributed by atoms with E-state index in [0.29, 0.717) is 6.42 Å². The highest BCUT2D eigenvalue weighted by molar-refractivity contribution is 5.71. The van der Waals surface area contributed by atoms with Crippen LogP contribution in [0.4, 0.5) is 0 Å². The largest absolute Gasteiger partial charge is 0.469 e. The number of hydrogen-bond acceptors (Lipinski definition) is 6. The van der Waals surface area contributed by atoms with Gasteiger partial charge in [-0.3, -0.25) is 9.59 Å². The van der Waals surface area contributed by atoms with E-state index >= 15 is 0 Å². The highest BCUT2D eigenvalue weighted by Crippen LogP contribution is 1.95. The van der Waals surface area contributed by atoms with Gasteiger partial charge in [0.1, 0.15) is 6.61 Å². The van der Waals surface area contributed by atoms with Crippen molar-refractivity contribution < 1.29 is 28.6 Å². The van der Waals surface area contributed by atoms with Crippen LogP contribution in [0.2, 0.25) is 0 Å². The standard InChI is InChI=1S/C9H13O6/c1-13-8(11)4-6-15-9(12)3-2-5-14-7-10/h2-6H2,1H3. The summed E-state index contributed by atoms with van der Waals surface area (Å²) < 4.78 is 13.3. The molecule has 0 aliphatic carbocycles. The molecule has 0 aromatic carbocycles. The van der Waals surface area contributed by atoms with Crippen LogP contribution >= 0.6 is 0 Å². The molecule has 0 amide bonds. The minimum Gasteiger partial charge on any atom is -0.469 e. The first-order valence-corrected chi connectivity index (χ1v) is 4.42. The summed E-state index contributed by atoms with van der Waals surface area (Å²) in [6, 6.07) is 0. The van der Waals surface area contributed by atoms with Gasteiger partial charge in [0.25, 0.3) is 0 Å². The molecule has 15 heavy (non-hydrogen) atoms. The molecule has 0 fully saturated rings. The lowest BCUT2D eigenvalue weighted by atomic mass is 10.3. The molecule has 85 valence electrons. The van der Waals surface area contributed by atoms with Crippen molar-refractivity contribution in [1.82, 2.24) is 0 Å². The third kappa shape index (κ3) is 8.73. The lowest BCUT2D eigenvalue weighted by Gasteiger charge is -2.03. The van der Waals surface area contributed by atoms with Crippen molar-refractivity contribution in [3.05, 3.63) is 0 Å². The first-order chi connectivity index (χ1) is 7.20. The molecule has 0 atom stereocenters. The van der Waals surface area contributed by atoms with Crippen LogP contribution in [0.3, 0.4) is 0 Å². The van der Waals surface area contributed by atoms with Crippen LogP contribution in [0.5, 0.6) is 0 Å². The van der Waals surface area contributed by atoms with E-state index in [1.54, 1.807) is 0 Å². The van der Waals surface area contributed by atoms with E-state index in [-0.39, 0.29) is 26.1 Å². The average molecular weight is 217 g/mol. The van der Waals surface area contributed by atoms with Crippen LogP contribution < -0.4 is 0 Å². The molecule has 0 aliphatic heterocycles. The van der Waals surface area contributed by atoms with Gasteiger partial charge in [0.2, 0.25) is 0 Å². The first-order valence-electron chi connectivity index (χ1n) is 4.42. The van der Waals surface area contributed by atoms with E-state index < -0.39 is 11.9 Å². The lowest BCUT2D eigenvalue weighted by molar-refractivity contribution is -0.148. The summed E-state index contributed by atoms with van der Waals surface area (Å²) >= 11 is 0. The number of methoxy groups -OCH3 is 1. The van der Waals surface area contributed by atoms with Gasteiger partial charge >= 0.3 is 18.4 Å². The molecule has 0 aliphatic rings. The molecule has 0 aromatic heterocycles. The molecule has 0 saturated heterocycles. The molecule has 0 spiro atoms. The van der Waals surface area contributed by atoms with Gasteiger partial charge < -0.3 is 14.2 Å². The zero-order valence-corrected chi connectivity index (χ0v) is 8.49. The molecule has 0 saturated carbocycles. The van der Waals surface area contributed by atoms with Gasteiger partial charge in [-0.15, -0.1) is 0 Å². The molecule has 0 unspecified atom stereocenters. The van der Waals surface area contributed by atoms with Crippen molar-refractivity contribution in [2.24, 2.45) is 0 Å². The maximum atomic E-state index is 10.9. The highest BCUT2D eigenvalue weighted by Gasteiger charge is 2.05. The lowest BCUT2D eigenvalue weighted by Crippen LogP contribution is -2.11. The second kappa shape index (κ2) is 8.98. The van der Waals surface area contributed by atoms with Crippen molar-refractivity contribution >= 4 is 18.4 Å². The van der Waals surface area contributed by atoms with Gasteiger partial charge in [-0.2, -0.15) is 0 Å². The Morgan fingerprint density at radius 1 is 1.13 bits per heavy atom. The van der Waals surface area contributed by atoms with Crippen LogP contribution in [-0.4, -0.2) is 38.7 Å². The van der Waals surface area contributed by atoms with Crippen molar-refractivity contribution in [2.45, 2.75) is 19.3 Å². The third-order valence-corrected chi connectivity index (χ3v) is 1.48. The summed E-state index contributed by atoms with van der Waals surface area (Å²) in [5, 5.41) is 0. The van der Waals surface area contributed by atoms with E-state index in [0.717, 1.165) is 0 Å². The zero-order valence-electron chi connectivity index (χ0n) is 8.49. The summed E-state index contributed by atoms with van der Waals surface area (Å²) in [6.45, 7) is 1.38. The zero-order chi connectivity index (χ0) is 11.5. The Hall–Kier alpha value is -1.59. The fourth-order valence-corrected chi connectivity index (χ4v) is 0.753. The first kappa shape index (κ1) is 13.4. The fourth-order valence-electron chi connectivity index (χ4n) is 0.753. The van der Waals surface area contributed by atoms with E-state index in [4.69, 9.17) is 4.74 Å². The van der Waals surface area contributed by atoms with Crippen molar-refractivity contribution in [2.75, 3.05) is 20.3 Å². The Morgan fingerprint density at radius 3 is 2.47 bits per heavy atom. The minimum atomic E-state index is -0.437. The highest BCUT2D eigenvalue weighted by atomic mass is 16.5. The van der Waals surface area contributed by atoms with Gasteiger partial charge in [-0.1, -0.05) is 0 Å². The van der Waals surface area contributed by atoms with E-state index in [9.17, 15) is 14.4 Å². The SMILES string of the molecule is COC(=O)CCOC(=O)CCCO[C]=O. The summed E-state index contributed by atoms with van der Waals surface area (Å²) in [6.07, 6.45) is 0.565. The van der Waals surface area contributed by atoms with Crippen LogP contribution in [0.15, 0.2) is 0 Å². The molecule has 0 rings (SSSR count). The Morgan fingerprint density at radius 2 is 1.87 bits per heavy atom. The fraction of sp³-hybridized carbons (Fsp3) is 0.667. The Balaban J connectivity index is 3.33. The summed E-state index contributed by atoms with van der Waals surface area (Å²) in [5.41, 5.74) is 0. The van der Waals surface area contributed by atoms with Gasteiger partial charge in [0.15, 0.2) is 0 Å². The number of carbonyl (C=O) groups excluding carboxylic acids is 3. The Labute approximate surface area is 87.5 Å². The van der Waals surface area contributed by atoms with Crippen LogP contribution in [0, 0.1) is 0 Å². The smallest absolute Gasteiger partial charge is 0.417 e.